The molecule has 0 saturated carbocycles. The van der Waals surface area contributed by atoms with Gasteiger partial charge < -0.3 is 14.7 Å². The van der Waals surface area contributed by atoms with Gasteiger partial charge in [-0.15, -0.1) is 11.3 Å². The smallest absolute Gasteiger partial charge is 0.394 e. The largest absolute Gasteiger partial charge is 0.474 e. The number of carbonyl (C=O) groups excluding carboxylic acids is 1. The number of rotatable bonds is 5. The highest BCUT2D eigenvalue weighted by Crippen LogP contribution is 2.14. The van der Waals surface area contributed by atoms with Crippen molar-refractivity contribution in [3.8, 4) is 11.8 Å². The maximum absolute atomic E-state index is 11.6. The van der Waals surface area contributed by atoms with Crippen LogP contribution in [0.4, 0.5) is 0 Å². The molecule has 0 aliphatic carbocycles. The van der Waals surface area contributed by atoms with E-state index in [1.54, 1.807) is 32.5 Å². The molecule has 0 saturated heterocycles. The number of aliphatic carboxylic acids is 1. The number of carboxylic acids is 1. The van der Waals surface area contributed by atoms with Crippen LogP contribution in [0.25, 0.3) is 0 Å². The fourth-order valence-electron chi connectivity index (χ4n) is 1.71. The molecule has 6 nitrogen and oxygen atoms in total. The van der Waals surface area contributed by atoms with Crippen molar-refractivity contribution in [2.24, 2.45) is 0 Å². The lowest BCUT2D eigenvalue weighted by atomic mass is 10.1. The Kier molecular flexibility index (Phi) is 7.02. The highest BCUT2D eigenvalue weighted by molar-refractivity contribution is 7.10. The molecule has 1 amide bonds. The lowest BCUT2D eigenvalue weighted by molar-refractivity contribution is -0.158. The maximum atomic E-state index is 11.6. The molecule has 1 N–H and O–H groups in total. The first-order chi connectivity index (χ1) is 10.3. The summed E-state index contributed by atoms with van der Waals surface area (Å²) in [6, 6.07) is 0. The van der Waals surface area contributed by atoms with Crippen molar-refractivity contribution >= 4 is 23.2 Å². The Morgan fingerprint density at radius 1 is 1.45 bits per heavy atom. The second-order valence-corrected chi connectivity index (χ2v) is 6.39. The van der Waals surface area contributed by atoms with Gasteiger partial charge in [-0.25, -0.2) is 4.79 Å². The van der Waals surface area contributed by atoms with E-state index in [4.69, 9.17) is 9.84 Å². The van der Waals surface area contributed by atoms with E-state index in [2.05, 4.69) is 16.8 Å². The fraction of sp³-hybridized carbons (Fsp3) is 0.533. The Morgan fingerprint density at radius 3 is 2.73 bits per heavy atom. The topological polar surface area (TPSA) is 79.7 Å². The Balaban J connectivity index is 2.31. The van der Waals surface area contributed by atoms with Crippen molar-refractivity contribution in [3.05, 3.63) is 16.6 Å². The lowest BCUT2D eigenvalue weighted by Crippen LogP contribution is -2.49. The summed E-state index contributed by atoms with van der Waals surface area (Å²) in [5.74, 6) is 3.46. The predicted octanol–water partition coefficient (Wildman–Crippen LogP) is 1.61. The van der Waals surface area contributed by atoms with E-state index in [9.17, 15) is 9.59 Å². The highest BCUT2D eigenvalue weighted by atomic mass is 32.1. The quantitative estimate of drug-likeness (QED) is 0.506. The standard InChI is InChI=1S/C15H20N2O4S/c1-15(2,3)17(13(18)14(19)20)7-5-9-21-8-4-6-12-10-16-11-22-12/h10-11H,5,7-9H2,1-3H3,(H,19,20). The predicted molar refractivity (Wildman–Crippen MR) is 83.5 cm³/mol. The molecule has 0 aliphatic heterocycles. The Labute approximate surface area is 134 Å². The van der Waals surface area contributed by atoms with E-state index < -0.39 is 17.4 Å². The molecule has 120 valence electrons. The molecule has 1 aromatic heterocycles. The van der Waals surface area contributed by atoms with E-state index in [0.717, 1.165) is 4.88 Å². The zero-order chi connectivity index (χ0) is 16.6. The van der Waals surface area contributed by atoms with Crippen LogP contribution in [0.2, 0.25) is 0 Å². The molecule has 0 aromatic carbocycles. The molecule has 0 bridgehead atoms. The third kappa shape index (κ3) is 6.24. The van der Waals surface area contributed by atoms with Gasteiger partial charge in [0.25, 0.3) is 0 Å². The summed E-state index contributed by atoms with van der Waals surface area (Å²) in [7, 11) is 0. The normalized spacial score (nSPS) is 10.7. The summed E-state index contributed by atoms with van der Waals surface area (Å²) in [5, 5.41) is 8.83. The number of ether oxygens (including phenoxy) is 1. The fourth-order valence-corrected chi connectivity index (χ4v) is 2.19. The average Bonchev–Trinajstić information content (AvgIpc) is 2.92. The van der Waals surface area contributed by atoms with E-state index >= 15 is 0 Å². The molecule has 0 aliphatic rings. The molecule has 0 fully saturated rings. The number of nitrogens with zero attached hydrogens (tertiary/aromatic N) is 2. The molecule has 22 heavy (non-hydrogen) atoms. The van der Waals surface area contributed by atoms with Gasteiger partial charge in [0.05, 0.1) is 16.6 Å². The molecule has 1 rings (SSSR count). The Morgan fingerprint density at radius 2 is 2.18 bits per heavy atom. The molecule has 1 heterocycles. The zero-order valence-electron chi connectivity index (χ0n) is 13.0. The first kappa shape index (κ1) is 18.1. The zero-order valence-corrected chi connectivity index (χ0v) is 13.8. The summed E-state index contributed by atoms with van der Waals surface area (Å²) >= 11 is 1.46. The van der Waals surface area contributed by atoms with Crippen LogP contribution in [-0.4, -0.2) is 52.2 Å². The van der Waals surface area contributed by atoms with Crippen molar-refractivity contribution < 1.29 is 19.4 Å². The van der Waals surface area contributed by atoms with Crippen LogP contribution < -0.4 is 0 Å². The third-order valence-corrected chi connectivity index (χ3v) is 3.41. The molecule has 0 atom stereocenters. The summed E-state index contributed by atoms with van der Waals surface area (Å²) < 4.78 is 5.36. The monoisotopic (exact) mass is 324 g/mol. The van der Waals surface area contributed by atoms with Crippen LogP contribution in [0, 0.1) is 11.8 Å². The molecule has 7 heteroatoms. The molecule has 0 radical (unpaired) electrons. The van der Waals surface area contributed by atoms with Crippen molar-refractivity contribution in [1.29, 1.82) is 0 Å². The van der Waals surface area contributed by atoms with Crippen LogP contribution in [-0.2, 0) is 14.3 Å². The average molecular weight is 324 g/mol. The van der Waals surface area contributed by atoms with E-state index in [0.29, 0.717) is 26.2 Å². The minimum Gasteiger partial charge on any atom is -0.474 e. The van der Waals surface area contributed by atoms with Gasteiger partial charge in [-0.05, 0) is 27.2 Å². The summed E-state index contributed by atoms with van der Waals surface area (Å²) in [4.78, 5) is 28.6. The van der Waals surface area contributed by atoms with E-state index in [1.165, 1.54) is 16.2 Å². The van der Waals surface area contributed by atoms with Gasteiger partial charge in [0.15, 0.2) is 0 Å². The number of amides is 1. The van der Waals surface area contributed by atoms with Gasteiger partial charge in [0.2, 0.25) is 0 Å². The van der Waals surface area contributed by atoms with Crippen molar-refractivity contribution in [2.75, 3.05) is 19.8 Å². The third-order valence-electron chi connectivity index (χ3n) is 2.73. The van der Waals surface area contributed by atoms with Crippen LogP contribution in [0.1, 0.15) is 32.1 Å². The van der Waals surface area contributed by atoms with Gasteiger partial charge in [0.1, 0.15) is 6.61 Å². The van der Waals surface area contributed by atoms with Crippen molar-refractivity contribution in [1.82, 2.24) is 9.88 Å². The molecule has 1 aromatic rings. The SMILES string of the molecule is CC(C)(C)N(CCCOCC#Cc1cncs1)C(=O)C(=O)O. The maximum Gasteiger partial charge on any atom is 0.394 e. The van der Waals surface area contributed by atoms with Crippen molar-refractivity contribution in [3.63, 3.8) is 0 Å². The number of thiazole rings is 1. The molecule has 0 spiro atoms. The van der Waals surface area contributed by atoms with Crippen LogP contribution >= 0.6 is 11.3 Å². The van der Waals surface area contributed by atoms with Gasteiger partial charge in [-0.3, -0.25) is 9.78 Å². The second kappa shape index (κ2) is 8.51. The summed E-state index contributed by atoms with van der Waals surface area (Å²) in [6.45, 7) is 6.44. The molecule has 0 unspecified atom stereocenters. The van der Waals surface area contributed by atoms with Gasteiger partial charge in [-0.2, -0.15) is 0 Å². The van der Waals surface area contributed by atoms with Crippen molar-refractivity contribution in [2.45, 2.75) is 32.7 Å². The number of carbonyl (C=O) groups is 2. The van der Waals surface area contributed by atoms with Gasteiger partial charge in [0, 0.05) is 18.7 Å². The Bertz CT molecular complexity index is 552. The number of hydrogen-bond donors (Lipinski definition) is 1. The summed E-state index contributed by atoms with van der Waals surface area (Å²) in [6.07, 6.45) is 2.24. The molecular weight excluding hydrogens is 304 g/mol. The second-order valence-electron chi connectivity index (χ2n) is 5.51. The number of aromatic nitrogens is 1. The summed E-state index contributed by atoms with van der Waals surface area (Å²) in [5.41, 5.74) is 1.17. The lowest BCUT2D eigenvalue weighted by Gasteiger charge is -2.34. The van der Waals surface area contributed by atoms with Crippen LogP contribution in [0.15, 0.2) is 11.7 Å². The van der Waals surface area contributed by atoms with E-state index in [1.807, 2.05) is 0 Å². The van der Waals surface area contributed by atoms with Gasteiger partial charge in [-0.1, -0.05) is 11.8 Å². The molecular formula is C15H20N2O4S. The van der Waals surface area contributed by atoms with E-state index in [-0.39, 0.29) is 0 Å². The Hall–Kier alpha value is -1.91. The van der Waals surface area contributed by atoms with Crippen LogP contribution in [0.3, 0.4) is 0 Å². The first-order valence-electron chi connectivity index (χ1n) is 6.82. The minimum atomic E-state index is -1.44. The number of hydrogen-bond acceptors (Lipinski definition) is 5. The van der Waals surface area contributed by atoms with Gasteiger partial charge >= 0.3 is 11.9 Å². The number of carboxylic acid groups (broad SMARTS) is 1. The highest BCUT2D eigenvalue weighted by Gasteiger charge is 2.30. The minimum absolute atomic E-state index is 0.292. The van der Waals surface area contributed by atoms with Crippen LogP contribution in [0.5, 0.6) is 0 Å². The first-order valence-corrected chi connectivity index (χ1v) is 7.70.